The van der Waals surface area contributed by atoms with Gasteiger partial charge in [0.05, 0.1) is 12.8 Å². The van der Waals surface area contributed by atoms with Crippen LogP contribution >= 0.6 is 0 Å². The monoisotopic (exact) mass is 414 g/mol. The number of rotatable bonds is 7. The molecule has 1 aromatic heterocycles. The molecule has 1 aliphatic rings. The molecule has 162 valence electrons. The van der Waals surface area contributed by atoms with Crippen LogP contribution in [0, 0.1) is 0 Å². The highest BCUT2D eigenvalue weighted by molar-refractivity contribution is 5.89. The van der Waals surface area contributed by atoms with Gasteiger partial charge in [-0.25, -0.2) is 9.59 Å². The summed E-state index contributed by atoms with van der Waals surface area (Å²) < 4.78 is 7.76. The number of carboxylic acids is 2. The molecular weight excluding hydrogens is 384 g/mol. The summed E-state index contributed by atoms with van der Waals surface area (Å²) in [7, 11) is 1.73. The second kappa shape index (κ2) is 9.63. The van der Waals surface area contributed by atoms with Gasteiger partial charge < -0.3 is 25.3 Å². The highest BCUT2D eigenvalue weighted by Gasteiger charge is 2.42. The van der Waals surface area contributed by atoms with Gasteiger partial charge in [-0.15, -0.1) is 0 Å². The van der Waals surface area contributed by atoms with Gasteiger partial charge in [0, 0.05) is 41.9 Å². The second-order valence-corrected chi connectivity index (χ2v) is 7.42. The van der Waals surface area contributed by atoms with E-state index in [0.29, 0.717) is 12.2 Å². The predicted molar refractivity (Wildman–Crippen MR) is 116 cm³/mol. The molecule has 4 N–H and O–H groups in total. The van der Waals surface area contributed by atoms with Gasteiger partial charge in [-0.2, -0.15) is 0 Å². The Labute approximate surface area is 176 Å². The molecule has 0 fully saturated rings. The van der Waals surface area contributed by atoms with Gasteiger partial charge in [-0.1, -0.05) is 19.9 Å². The zero-order valence-electron chi connectivity index (χ0n) is 17.9. The van der Waals surface area contributed by atoms with E-state index < -0.39 is 11.9 Å². The van der Waals surface area contributed by atoms with Crippen LogP contribution in [0.4, 0.5) is 0 Å². The third kappa shape index (κ3) is 4.57. The minimum absolute atomic E-state index is 0.125. The van der Waals surface area contributed by atoms with Crippen LogP contribution in [-0.4, -0.2) is 39.9 Å². The molecule has 7 heteroatoms. The third-order valence-electron chi connectivity index (χ3n) is 5.54. The van der Waals surface area contributed by atoms with E-state index >= 15 is 0 Å². The van der Waals surface area contributed by atoms with Crippen LogP contribution in [0.1, 0.15) is 44.7 Å². The number of hydrogen-bond acceptors (Lipinski definition) is 4. The molecule has 0 saturated heterocycles. The van der Waals surface area contributed by atoms with Crippen molar-refractivity contribution in [1.82, 2.24) is 4.57 Å². The molecule has 0 aliphatic heterocycles. The maximum absolute atomic E-state index is 9.55. The van der Waals surface area contributed by atoms with Gasteiger partial charge in [0.15, 0.2) is 0 Å². The van der Waals surface area contributed by atoms with Crippen LogP contribution in [0.5, 0.6) is 5.75 Å². The second-order valence-electron chi connectivity index (χ2n) is 7.42. The number of aromatic nitrogens is 1. The predicted octanol–water partition coefficient (Wildman–Crippen LogP) is 3.64. The summed E-state index contributed by atoms with van der Waals surface area (Å²) in [6.45, 7) is 7.47. The lowest BCUT2D eigenvalue weighted by atomic mass is 9.74. The number of carboxylic acid groups (broad SMARTS) is 2. The molecule has 2 aromatic rings. The van der Waals surface area contributed by atoms with E-state index in [1.807, 2.05) is 0 Å². The quantitative estimate of drug-likeness (QED) is 0.596. The minimum atomic E-state index is -1.26. The molecule has 1 atom stereocenters. The van der Waals surface area contributed by atoms with E-state index in [1.165, 1.54) is 22.4 Å². The molecule has 0 amide bonds. The molecule has 0 unspecified atom stereocenters. The van der Waals surface area contributed by atoms with E-state index in [2.05, 4.69) is 55.8 Å². The Bertz CT molecular complexity index is 923. The number of hydrogen-bond donors (Lipinski definition) is 3. The van der Waals surface area contributed by atoms with E-state index in [9.17, 15) is 9.59 Å². The van der Waals surface area contributed by atoms with Crippen molar-refractivity contribution in [2.24, 2.45) is 5.73 Å². The van der Waals surface area contributed by atoms with E-state index in [0.717, 1.165) is 25.1 Å². The van der Waals surface area contributed by atoms with Gasteiger partial charge in [0.25, 0.3) is 0 Å². The van der Waals surface area contributed by atoms with Crippen molar-refractivity contribution in [1.29, 1.82) is 0 Å². The summed E-state index contributed by atoms with van der Waals surface area (Å²) in [4.78, 5) is 19.1. The lowest BCUT2D eigenvalue weighted by Crippen LogP contribution is -2.23. The minimum Gasteiger partial charge on any atom is -0.497 e. The van der Waals surface area contributed by atoms with Crippen molar-refractivity contribution in [2.75, 3.05) is 7.11 Å². The van der Waals surface area contributed by atoms with Crippen LogP contribution in [0.2, 0.25) is 0 Å². The van der Waals surface area contributed by atoms with Gasteiger partial charge in [0.2, 0.25) is 0 Å². The van der Waals surface area contributed by atoms with Crippen molar-refractivity contribution in [3.05, 3.63) is 53.7 Å². The van der Waals surface area contributed by atoms with Crippen molar-refractivity contribution in [3.8, 4) is 17.0 Å². The largest absolute Gasteiger partial charge is 0.497 e. The fourth-order valence-electron chi connectivity index (χ4n) is 4.18. The van der Waals surface area contributed by atoms with Gasteiger partial charge >= 0.3 is 11.9 Å². The lowest BCUT2D eigenvalue weighted by molar-refractivity contribution is -0.134. The molecule has 0 spiro atoms. The fourth-order valence-corrected chi connectivity index (χ4v) is 4.18. The van der Waals surface area contributed by atoms with Gasteiger partial charge in [0.1, 0.15) is 5.75 Å². The molecular formula is C23H30N2O5. The standard InChI is InChI=1S/C19H26N2O.C4H4O4/c1-5-19(6-2)16-8-7-14(22-4)11-15(16)18-17(19)9-10-21(18)12-13(3)20;5-3(6)1-2-4(7)8/h7-11,13H,5-6,12,20H2,1-4H3;1-2H,(H,5,6)(H,7,8)/t13-;/m0./s1. The Morgan fingerprint density at radius 1 is 1.13 bits per heavy atom. The molecule has 7 nitrogen and oxygen atoms in total. The molecule has 0 saturated carbocycles. The molecule has 1 aliphatic carbocycles. The van der Waals surface area contributed by atoms with Crippen LogP contribution in [0.25, 0.3) is 11.3 Å². The first-order valence-electron chi connectivity index (χ1n) is 9.98. The Kier molecular flexibility index (Phi) is 7.45. The number of benzene rings is 1. The maximum Gasteiger partial charge on any atom is 0.328 e. The summed E-state index contributed by atoms with van der Waals surface area (Å²) in [6, 6.07) is 8.94. The molecule has 1 heterocycles. The molecule has 3 rings (SSSR count). The smallest absolute Gasteiger partial charge is 0.328 e. The summed E-state index contributed by atoms with van der Waals surface area (Å²) in [5.74, 6) is -1.60. The highest BCUT2D eigenvalue weighted by Crippen LogP contribution is 2.53. The summed E-state index contributed by atoms with van der Waals surface area (Å²) in [6.07, 6.45) is 5.53. The lowest BCUT2D eigenvalue weighted by Gasteiger charge is -2.28. The first kappa shape index (κ1) is 23.2. The van der Waals surface area contributed by atoms with Crippen LogP contribution in [0.15, 0.2) is 42.6 Å². The average Bonchev–Trinajstić information content (AvgIpc) is 3.23. The van der Waals surface area contributed by atoms with Crippen LogP contribution in [-0.2, 0) is 21.5 Å². The number of ether oxygens (including phenoxy) is 1. The third-order valence-corrected chi connectivity index (χ3v) is 5.54. The molecule has 0 radical (unpaired) electrons. The summed E-state index contributed by atoms with van der Waals surface area (Å²) in [5, 5.41) is 15.6. The molecule has 1 aromatic carbocycles. The topological polar surface area (TPSA) is 115 Å². The van der Waals surface area contributed by atoms with Crippen LogP contribution in [0.3, 0.4) is 0 Å². The van der Waals surface area contributed by atoms with Gasteiger partial charge in [-0.3, -0.25) is 0 Å². The SMILES string of the molecule is CCC1(CC)c2ccc(OC)cc2-c2c1ccn2C[C@H](C)N.O=C(O)C=CC(=O)O. The first-order chi connectivity index (χ1) is 14.2. The number of fused-ring (bicyclic) bond motifs is 3. The number of nitrogens with two attached hydrogens (primary N) is 1. The summed E-state index contributed by atoms with van der Waals surface area (Å²) >= 11 is 0. The van der Waals surface area contributed by atoms with E-state index in [-0.39, 0.29) is 11.5 Å². The molecule has 30 heavy (non-hydrogen) atoms. The Morgan fingerprint density at radius 2 is 1.73 bits per heavy atom. The first-order valence-corrected chi connectivity index (χ1v) is 9.98. The van der Waals surface area contributed by atoms with Crippen molar-refractivity contribution in [2.45, 2.75) is 51.6 Å². The van der Waals surface area contributed by atoms with E-state index in [1.54, 1.807) is 7.11 Å². The number of aliphatic carboxylic acids is 2. The zero-order valence-corrected chi connectivity index (χ0v) is 17.9. The van der Waals surface area contributed by atoms with Gasteiger partial charge in [-0.05, 0) is 49.1 Å². The van der Waals surface area contributed by atoms with Crippen molar-refractivity contribution >= 4 is 11.9 Å². The molecule has 0 bridgehead atoms. The Morgan fingerprint density at radius 3 is 2.20 bits per heavy atom. The average molecular weight is 415 g/mol. The van der Waals surface area contributed by atoms with Crippen molar-refractivity contribution in [3.63, 3.8) is 0 Å². The normalized spacial score (nSPS) is 14.4. The van der Waals surface area contributed by atoms with E-state index in [4.69, 9.17) is 20.7 Å². The highest BCUT2D eigenvalue weighted by atomic mass is 16.5. The summed E-state index contributed by atoms with van der Waals surface area (Å²) in [5.41, 5.74) is 11.7. The Balaban J connectivity index is 0.000000343. The number of carbonyl (C=O) groups is 2. The van der Waals surface area contributed by atoms with Crippen LogP contribution < -0.4 is 10.5 Å². The number of nitrogens with zero attached hydrogens (tertiary/aromatic N) is 1. The maximum atomic E-state index is 9.55. The fraction of sp³-hybridized carbons (Fsp3) is 0.391. The zero-order chi connectivity index (χ0) is 22.5. The van der Waals surface area contributed by atoms with Crippen molar-refractivity contribution < 1.29 is 24.5 Å². The Hall–Kier alpha value is -3.06. The number of methoxy groups -OCH3 is 1.